The quantitative estimate of drug-likeness (QED) is 0.510. The van der Waals surface area contributed by atoms with Crippen molar-refractivity contribution < 1.29 is 27.6 Å². The Hall–Kier alpha value is -3.12. The largest absolute Gasteiger partial charge is 0.478 e. The Morgan fingerprint density at radius 3 is 2.61 bits per heavy atom. The summed E-state index contributed by atoms with van der Waals surface area (Å²) in [4.78, 5) is 30.6. The predicted octanol–water partition coefficient (Wildman–Crippen LogP) is 3.57. The molecule has 176 valence electrons. The van der Waals surface area contributed by atoms with Gasteiger partial charge in [-0.25, -0.2) is 4.98 Å². The molecule has 1 amide bonds. The highest BCUT2D eigenvalue weighted by Crippen LogP contribution is 2.35. The Balaban J connectivity index is 1.31. The van der Waals surface area contributed by atoms with Crippen LogP contribution in [0, 0.1) is 10.1 Å². The Kier molecular flexibility index (Phi) is 6.30. The normalized spacial score (nSPS) is 19.0. The van der Waals surface area contributed by atoms with Crippen LogP contribution in [0.4, 0.5) is 30.4 Å². The topological polar surface area (TPSA) is 101 Å². The molecule has 0 radical (unpaired) electrons. The number of carbonyl (C=O) groups excluding carboxylic acids is 1. The van der Waals surface area contributed by atoms with Gasteiger partial charge in [-0.3, -0.25) is 19.8 Å². The Bertz CT molecular complexity index is 1080. The number of halogens is 4. The summed E-state index contributed by atoms with van der Waals surface area (Å²) in [5.41, 5.74) is -0.640. The number of nitrogens with zero attached hydrogens (tertiary/aromatic N) is 4. The van der Waals surface area contributed by atoms with Gasteiger partial charge in [0.25, 0.3) is 11.6 Å². The van der Waals surface area contributed by atoms with E-state index in [-0.39, 0.29) is 22.4 Å². The summed E-state index contributed by atoms with van der Waals surface area (Å²) >= 11 is 6.03. The second kappa shape index (κ2) is 9.02. The molecule has 0 bridgehead atoms. The van der Waals surface area contributed by atoms with E-state index in [0.29, 0.717) is 50.6 Å². The Morgan fingerprint density at radius 1 is 1.24 bits per heavy atom. The number of hydrogen-bond donors (Lipinski definition) is 1. The van der Waals surface area contributed by atoms with Crippen LogP contribution in [0.5, 0.6) is 5.75 Å². The van der Waals surface area contributed by atoms with Crippen LogP contribution < -0.4 is 15.0 Å². The lowest BCUT2D eigenvalue weighted by molar-refractivity contribution is -0.384. The Labute approximate surface area is 191 Å². The van der Waals surface area contributed by atoms with E-state index in [9.17, 15) is 28.1 Å². The molecule has 1 atom stereocenters. The van der Waals surface area contributed by atoms with Crippen molar-refractivity contribution >= 4 is 34.7 Å². The van der Waals surface area contributed by atoms with Crippen molar-refractivity contribution in [2.24, 2.45) is 0 Å². The summed E-state index contributed by atoms with van der Waals surface area (Å²) in [6.07, 6.45) is -4.15. The number of nitro groups is 1. The second-order valence-electron chi connectivity index (χ2n) is 7.68. The zero-order valence-corrected chi connectivity index (χ0v) is 17.9. The van der Waals surface area contributed by atoms with Crippen LogP contribution in [0.2, 0.25) is 5.02 Å². The number of anilines is 2. The maximum Gasteiger partial charge on any atom is 0.417 e. The summed E-state index contributed by atoms with van der Waals surface area (Å²) in [6, 6.07) is 4.88. The fourth-order valence-electron chi connectivity index (χ4n) is 3.74. The minimum Gasteiger partial charge on any atom is -0.478 e. The molecule has 3 heterocycles. The van der Waals surface area contributed by atoms with Gasteiger partial charge < -0.3 is 15.0 Å². The molecule has 1 aromatic heterocycles. The lowest BCUT2D eigenvalue weighted by Gasteiger charge is -2.36. The highest BCUT2D eigenvalue weighted by molar-refractivity contribution is 6.33. The molecule has 0 unspecified atom stereocenters. The maximum atomic E-state index is 12.8. The molecule has 1 aromatic carbocycles. The third-order valence-corrected chi connectivity index (χ3v) is 5.80. The van der Waals surface area contributed by atoms with Crippen molar-refractivity contribution in [2.75, 3.05) is 42.9 Å². The average Bonchev–Trinajstić information content (AvgIpc) is 2.77. The molecular formula is C20H19ClF3N5O4. The molecule has 4 rings (SSSR count). The molecule has 2 aromatic rings. The maximum absolute atomic E-state index is 12.8. The van der Waals surface area contributed by atoms with Crippen molar-refractivity contribution in [1.82, 2.24) is 9.88 Å². The van der Waals surface area contributed by atoms with Gasteiger partial charge in [-0.2, -0.15) is 13.2 Å². The van der Waals surface area contributed by atoms with E-state index in [1.165, 1.54) is 18.2 Å². The van der Waals surface area contributed by atoms with Gasteiger partial charge in [-0.1, -0.05) is 11.6 Å². The van der Waals surface area contributed by atoms with Gasteiger partial charge >= 0.3 is 6.18 Å². The van der Waals surface area contributed by atoms with Crippen molar-refractivity contribution in [3.8, 4) is 5.75 Å². The summed E-state index contributed by atoms with van der Waals surface area (Å²) in [6.45, 7) is 2.73. The Morgan fingerprint density at radius 2 is 1.97 bits per heavy atom. The molecule has 1 saturated heterocycles. The molecule has 0 saturated carbocycles. The highest BCUT2D eigenvalue weighted by Gasteiger charge is 2.33. The van der Waals surface area contributed by atoms with Gasteiger partial charge in [0.1, 0.15) is 5.82 Å². The van der Waals surface area contributed by atoms with Crippen LogP contribution in [-0.2, 0) is 11.0 Å². The third kappa shape index (κ3) is 5.11. The minimum absolute atomic E-state index is 0.0571. The van der Waals surface area contributed by atoms with E-state index in [2.05, 4.69) is 15.2 Å². The number of fused-ring (bicyclic) bond motifs is 1. The number of carbonyl (C=O) groups is 1. The number of ether oxygens (including phenoxy) is 1. The number of non-ortho nitro benzene ring substituents is 1. The summed E-state index contributed by atoms with van der Waals surface area (Å²) in [7, 11) is 0. The first kappa shape index (κ1) is 23.1. The van der Waals surface area contributed by atoms with Gasteiger partial charge in [-0.05, 0) is 12.1 Å². The van der Waals surface area contributed by atoms with Crippen LogP contribution >= 0.6 is 11.6 Å². The first-order valence-corrected chi connectivity index (χ1v) is 10.5. The number of pyridine rings is 1. The van der Waals surface area contributed by atoms with E-state index in [1.807, 2.05) is 4.90 Å². The fraction of sp³-hybridized carbons (Fsp3) is 0.400. The molecule has 1 N–H and O–H groups in total. The zero-order valence-electron chi connectivity index (χ0n) is 17.1. The first-order valence-electron chi connectivity index (χ1n) is 10.1. The molecule has 33 heavy (non-hydrogen) atoms. The molecule has 0 aliphatic carbocycles. The fourth-order valence-corrected chi connectivity index (χ4v) is 4.02. The number of piperazine rings is 1. The number of hydrogen-bond acceptors (Lipinski definition) is 7. The van der Waals surface area contributed by atoms with Crippen LogP contribution in [0.25, 0.3) is 0 Å². The van der Waals surface area contributed by atoms with Gasteiger partial charge in [0.05, 0.1) is 27.3 Å². The molecule has 0 spiro atoms. The number of nitrogens with one attached hydrogen (secondary N) is 1. The average molecular weight is 486 g/mol. The summed E-state index contributed by atoms with van der Waals surface area (Å²) < 4.78 is 44.1. The van der Waals surface area contributed by atoms with Crippen molar-refractivity contribution in [2.45, 2.75) is 18.7 Å². The monoisotopic (exact) mass is 485 g/mol. The zero-order chi connectivity index (χ0) is 23.8. The molecule has 1 fully saturated rings. The molecule has 2 aliphatic rings. The third-order valence-electron chi connectivity index (χ3n) is 5.52. The molecule has 2 aliphatic heterocycles. The van der Waals surface area contributed by atoms with E-state index in [0.717, 1.165) is 12.3 Å². The summed E-state index contributed by atoms with van der Waals surface area (Å²) in [5, 5.41) is 13.6. The van der Waals surface area contributed by atoms with Gasteiger partial charge in [0, 0.05) is 51.4 Å². The van der Waals surface area contributed by atoms with Gasteiger partial charge in [-0.15, -0.1) is 0 Å². The number of alkyl halides is 3. The lowest BCUT2D eigenvalue weighted by Crippen LogP contribution is -2.48. The van der Waals surface area contributed by atoms with E-state index in [4.69, 9.17) is 16.3 Å². The minimum atomic E-state index is -4.51. The van der Waals surface area contributed by atoms with Crippen LogP contribution in [-0.4, -0.2) is 59.5 Å². The van der Waals surface area contributed by atoms with E-state index in [1.54, 1.807) is 0 Å². The number of benzene rings is 1. The van der Waals surface area contributed by atoms with Crippen molar-refractivity contribution in [3.05, 3.63) is 51.2 Å². The lowest BCUT2D eigenvalue weighted by atomic mass is 10.1. The number of aromatic nitrogens is 1. The number of rotatable bonds is 5. The predicted molar refractivity (Wildman–Crippen MR) is 114 cm³/mol. The van der Waals surface area contributed by atoms with Crippen LogP contribution in [0.1, 0.15) is 12.0 Å². The van der Waals surface area contributed by atoms with Gasteiger partial charge in [0.15, 0.2) is 11.9 Å². The summed E-state index contributed by atoms with van der Waals surface area (Å²) in [5.74, 6) is 0.231. The molecule has 13 heteroatoms. The van der Waals surface area contributed by atoms with Crippen molar-refractivity contribution in [3.63, 3.8) is 0 Å². The highest BCUT2D eigenvalue weighted by atomic mass is 35.5. The van der Waals surface area contributed by atoms with Crippen LogP contribution in [0.15, 0.2) is 30.5 Å². The van der Waals surface area contributed by atoms with E-state index < -0.39 is 22.8 Å². The smallest absolute Gasteiger partial charge is 0.417 e. The van der Waals surface area contributed by atoms with Crippen molar-refractivity contribution in [1.29, 1.82) is 0 Å². The standard InChI is InChI=1S/C20H19ClF3N5O4/c21-14-9-12(20(22,23)24)11-25-18(14)28-7-5-27(6-8-28)4-3-16-19(30)26-15-2-1-13(29(31)32)10-17(15)33-16/h1-2,9-11,16H,3-8H2,(H,26,30)/t16-/m1/s1. The SMILES string of the molecule is O=C1Nc2ccc([N+](=O)[O-])cc2O[C@@H]1CCN1CCN(c2ncc(C(F)(F)F)cc2Cl)CC1. The first-order chi connectivity index (χ1) is 15.6. The molecular weight excluding hydrogens is 467 g/mol. The van der Waals surface area contributed by atoms with Gasteiger partial charge in [0.2, 0.25) is 0 Å². The van der Waals surface area contributed by atoms with Crippen LogP contribution in [0.3, 0.4) is 0 Å². The number of nitro benzene ring substituents is 1. The van der Waals surface area contributed by atoms with E-state index >= 15 is 0 Å². The molecule has 9 nitrogen and oxygen atoms in total. The number of amides is 1. The second-order valence-corrected chi connectivity index (χ2v) is 8.09.